The lowest BCUT2D eigenvalue weighted by Gasteiger charge is -2.24. The molecule has 3 heteroatoms. The maximum absolute atomic E-state index is 10.8. The maximum Gasteiger partial charge on any atom is 0.124 e. The second-order valence-electron chi connectivity index (χ2n) is 7.86. The van der Waals surface area contributed by atoms with E-state index >= 15 is 0 Å². The fourth-order valence-corrected chi connectivity index (χ4v) is 3.84. The van der Waals surface area contributed by atoms with Crippen molar-refractivity contribution in [1.82, 2.24) is 0 Å². The minimum atomic E-state index is -0.189. The number of benzene rings is 3. The largest absolute Gasteiger partial charge is 0.507 e. The van der Waals surface area contributed by atoms with Crippen molar-refractivity contribution in [2.75, 3.05) is 0 Å². The lowest BCUT2D eigenvalue weighted by Crippen LogP contribution is -2.12. The van der Waals surface area contributed by atoms with E-state index in [1.54, 1.807) is 6.07 Å². The van der Waals surface area contributed by atoms with Crippen LogP contribution >= 0.6 is 15.9 Å². The van der Waals surface area contributed by atoms with Crippen LogP contribution in [0.2, 0.25) is 0 Å². The van der Waals surface area contributed by atoms with Crippen LogP contribution in [0.25, 0.3) is 21.9 Å². The smallest absolute Gasteiger partial charge is 0.124 e. The average Bonchev–Trinajstić information content (AvgIpc) is 2.56. The SMILES string of the molecule is CCCc1cc(-c2c(O)ccc3cc(Br)ccc23)cc(C(C)(C)C)c1O. The van der Waals surface area contributed by atoms with E-state index in [0.29, 0.717) is 5.75 Å². The van der Waals surface area contributed by atoms with Crippen molar-refractivity contribution in [3.63, 3.8) is 0 Å². The van der Waals surface area contributed by atoms with E-state index in [-0.39, 0.29) is 11.2 Å². The summed E-state index contributed by atoms with van der Waals surface area (Å²) in [6.07, 6.45) is 1.76. The van der Waals surface area contributed by atoms with Gasteiger partial charge in [0.05, 0.1) is 0 Å². The number of phenols is 2. The molecule has 3 aromatic rings. The molecular formula is C23H25BrO2. The van der Waals surface area contributed by atoms with E-state index in [4.69, 9.17) is 0 Å². The van der Waals surface area contributed by atoms with Gasteiger partial charge in [-0.15, -0.1) is 0 Å². The summed E-state index contributed by atoms with van der Waals surface area (Å²) in [7, 11) is 0. The third-order valence-corrected chi connectivity index (χ3v) is 5.26. The van der Waals surface area contributed by atoms with Crippen molar-refractivity contribution in [3.05, 3.63) is 58.1 Å². The van der Waals surface area contributed by atoms with Crippen LogP contribution in [0.3, 0.4) is 0 Å². The summed E-state index contributed by atoms with van der Waals surface area (Å²) in [4.78, 5) is 0. The zero-order valence-electron chi connectivity index (χ0n) is 15.7. The van der Waals surface area contributed by atoms with Crippen LogP contribution in [0.1, 0.15) is 45.2 Å². The normalized spacial score (nSPS) is 11.9. The molecule has 0 radical (unpaired) electrons. The van der Waals surface area contributed by atoms with E-state index in [1.807, 2.05) is 30.3 Å². The zero-order valence-corrected chi connectivity index (χ0v) is 17.3. The molecule has 136 valence electrons. The van der Waals surface area contributed by atoms with Crippen LogP contribution in [-0.2, 0) is 11.8 Å². The van der Waals surface area contributed by atoms with Crippen molar-refractivity contribution in [2.45, 2.75) is 46.0 Å². The van der Waals surface area contributed by atoms with Crippen LogP contribution < -0.4 is 0 Å². The molecule has 26 heavy (non-hydrogen) atoms. The molecule has 3 rings (SSSR count). The fraction of sp³-hybridized carbons (Fsp3) is 0.304. The quantitative estimate of drug-likeness (QED) is 0.489. The second kappa shape index (κ2) is 6.96. The van der Waals surface area contributed by atoms with E-state index < -0.39 is 0 Å². The van der Waals surface area contributed by atoms with Crippen molar-refractivity contribution in [1.29, 1.82) is 0 Å². The van der Waals surface area contributed by atoms with Crippen molar-refractivity contribution >= 4 is 26.7 Å². The van der Waals surface area contributed by atoms with Crippen LogP contribution in [0.5, 0.6) is 11.5 Å². The number of aromatic hydroxyl groups is 2. The highest BCUT2D eigenvalue weighted by Gasteiger charge is 2.23. The molecule has 0 heterocycles. The van der Waals surface area contributed by atoms with Crippen LogP contribution in [0, 0.1) is 0 Å². The molecule has 0 fully saturated rings. The van der Waals surface area contributed by atoms with Gasteiger partial charge < -0.3 is 10.2 Å². The molecule has 0 atom stereocenters. The average molecular weight is 413 g/mol. The molecule has 0 spiro atoms. The fourth-order valence-electron chi connectivity index (χ4n) is 3.46. The number of hydrogen-bond acceptors (Lipinski definition) is 2. The first-order valence-corrected chi connectivity index (χ1v) is 9.79. The Morgan fingerprint density at radius 2 is 1.69 bits per heavy atom. The molecule has 0 unspecified atom stereocenters. The van der Waals surface area contributed by atoms with Gasteiger partial charge in [-0.05, 0) is 64.1 Å². The number of rotatable bonds is 3. The summed E-state index contributed by atoms with van der Waals surface area (Å²) in [5.41, 5.74) is 3.42. The predicted octanol–water partition coefficient (Wildman–Crippen LogP) is 6.93. The lowest BCUT2D eigenvalue weighted by atomic mass is 9.82. The van der Waals surface area contributed by atoms with Gasteiger partial charge in [-0.1, -0.05) is 62.2 Å². The van der Waals surface area contributed by atoms with E-state index in [2.05, 4.69) is 49.7 Å². The Labute approximate surface area is 163 Å². The maximum atomic E-state index is 10.8. The number of halogens is 1. The summed E-state index contributed by atoms with van der Waals surface area (Å²) in [6.45, 7) is 8.40. The molecule has 0 saturated heterocycles. The summed E-state index contributed by atoms with van der Waals surface area (Å²) in [5, 5.41) is 23.5. The minimum absolute atomic E-state index is 0.189. The Kier molecular flexibility index (Phi) is 5.03. The van der Waals surface area contributed by atoms with Gasteiger partial charge in [-0.2, -0.15) is 0 Å². The summed E-state index contributed by atoms with van der Waals surface area (Å²) < 4.78 is 1.01. The van der Waals surface area contributed by atoms with Gasteiger partial charge in [0.1, 0.15) is 11.5 Å². The summed E-state index contributed by atoms with van der Waals surface area (Å²) in [6, 6.07) is 13.8. The topological polar surface area (TPSA) is 40.5 Å². The molecule has 2 nitrogen and oxygen atoms in total. The number of phenolic OH excluding ortho intramolecular Hbond substituents is 2. The number of aryl methyl sites for hydroxylation is 1. The van der Waals surface area contributed by atoms with Gasteiger partial charge in [0, 0.05) is 15.6 Å². The third-order valence-electron chi connectivity index (χ3n) is 4.76. The Balaban J connectivity index is 2.35. The first-order valence-electron chi connectivity index (χ1n) is 9.00. The van der Waals surface area contributed by atoms with Gasteiger partial charge in [0.15, 0.2) is 0 Å². The molecule has 0 amide bonds. The summed E-state index contributed by atoms with van der Waals surface area (Å²) in [5.74, 6) is 0.637. The van der Waals surface area contributed by atoms with Crippen molar-refractivity contribution in [3.8, 4) is 22.6 Å². The van der Waals surface area contributed by atoms with Gasteiger partial charge in [-0.25, -0.2) is 0 Å². The molecular weight excluding hydrogens is 388 g/mol. The summed E-state index contributed by atoms with van der Waals surface area (Å²) >= 11 is 3.52. The highest BCUT2D eigenvalue weighted by molar-refractivity contribution is 9.10. The molecule has 0 saturated carbocycles. The van der Waals surface area contributed by atoms with Gasteiger partial charge >= 0.3 is 0 Å². The Hall–Kier alpha value is -2.00. The molecule has 0 aliphatic rings. The molecule has 3 aromatic carbocycles. The highest BCUT2D eigenvalue weighted by Crippen LogP contribution is 2.42. The molecule has 0 aliphatic carbocycles. The Bertz CT molecular complexity index is 968. The number of hydrogen-bond donors (Lipinski definition) is 2. The predicted molar refractivity (Wildman–Crippen MR) is 113 cm³/mol. The highest BCUT2D eigenvalue weighted by atomic mass is 79.9. The third kappa shape index (κ3) is 3.45. The van der Waals surface area contributed by atoms with E-state index in [0.717, 1.165) is 50.3 Å². The zero-order chi connectivity index (χ0) is 19.1. The van der Waals surface area contributed by atoms with Crippen LogP contribution in [0.4, 0.5) is 0 Å². The van der Waals surface area contributed by atoms with Gasteiger partial charge in [0.25, 0.3) is 0 Å². The number of fused-ring (bicyclic) bond motifs is 1. The first-order chi connectivity index (χ1) is 12.2. The second-order valence-corrected chi connectivity index (χ2v) is 8.77. The van der Waals surface area contributed by atoms with Crippen LogP contribution in [0.15, 0.2) is 46.9 Å². The van der Waals surface area contributed by atoms with Gasteiger partial charge in [-0.3, -0.25) is 0 Å². The standard InChI is InChI=1S/C23H25BrO2/c1-5-6-15-11-16(13-19(22(15)26)23(2,3)4)21-18-9-8-17(24)12-14(18)7-10-20(21)25/h7-13,25-26H,5-6H2,1-4H3. The molecule has 0 aromatic heterocycles. The van der Waals surface area contributed by atoms with Crippen molar-refractivity contribution in [2.24, 2.45) is 0 Å². The Morgan fingerprint density at radius 1 is 0.962 bits per heavy atom. The Morgan fingerprint density at radius 3 is 2.35 bits per heavy atom. The molecule has 2 N–H and O–H groups in total. The van der Waals surface area contributed by atoms with Crippen molar-refractivity contribution < 1.29 is 10.2 Å². The van der Waals surface area contributed by atoms with E-state index in [1.165, 1.54) is 0 Å². The molecule has 0 aliphatic heterocycles. The van der Waals surface area contributed by atoms with Gasteiger partial charge in [0.2, 0.25) is 0 Å². The van der Waals surface area contributed by atoms with E-state index in [9.17, 15) is 10.2 Å². The molecule has 0 bridgehead atoms. The lowest BCUT2D eigenvalue weighted by molar-refractivity contribution is 0.440. The first kappa shape index (κ1) is 18.8. The minimum Gasteiger partial charge on any atom is -0.507 e. The monoisotopic (exact) mass is 412 g/mol. The van der Waals surface area contributed by atoms with Crippen LogP contribution in [-0.4, -0.2) is 10.2 Å².